The van der Waals surface area contributed by atoms with Crippen LogP contribution in [0.1, 0.15) is 13.3 Å². The number of rotatable bonds is 5. The first-order valence-corrected chi connectivity index (χ1v) is 4.09. The van der Waals surface area contributed by atoms with Crippen LogP contribution in [-0.2, 0) is 0 Å². The Hall–Kier alpha value is -0.660. The second-order valence-electron chi connectivity index (χ2n) is 2.45. The summed E-state index contributed by atoms with van der Waals surface area (Å²) in [5.74, 6) is 0. The molecule has 0 aliphatic rings. The van der Waals surface area contributed by atoms with Gasteiger partial charge in [0, 0.05) is 6.42 Å². The van der Waals surface area contributed by atoms with E-state index < -0.39 is 0 Å². The van der Waals surface area contributed by atoms with Gasteiger partial charge in [-0.05, 0) is 25.5 Å². The quantitative estimate of drug-likeness (QED) is 0.349. The summed E-state index contributed by atoms with van der Waals surface area (Å²) in [6.45, 7) is 4.94. The molecule has 0 amide bonds. The van der Waals surface area contributed by atoms with Crippen molar-refractivity contribution in [2.45, 2.75) is 13.3 Å². The Morgan fingerprint density at radius 3 is 2.82 bits per heavy atom. The fourth-order valence-corrected chi connectivity index (χ4v) is 0.576. The lowest BCUT2D eigenvalue weighted by Gasteiger charge is -1.88. The molecule has 0 aromatic heterocycles. The highest BCUT2D eigenvalue weighted by atomic mass is 15.0. The Morgan fingerprint density at radius 2 is 2.27 bits per heavy atom. The third-order valence-corrected chi connectivity index (χ3v) is 1.41. The van der Waals surface area contributed by atoms with E-state index in [1.807, 2.05) is 18.7 Å². The summed E-state index contributed by atoms with van der Waals surface area (Å²) in [5.41, 5.74) is 0. The summed E-state index contributed by atoms with van der Waals surface area (Å²) >= 11 is 0. The summed E-state index contributed by atoms with van der Waals surface area (Å²) in [5, 5.41) is 3.07. The summed E-state index contributed by atoms with van der Waals surface area (Å²) in [4.78, 5) is 4.12. The molecule has 0 aliphatic carbocycles. The van der Waals surface area contributed by atoms with Crippen LogP contribution < -0.4 is 5.32 Å². The second kappa shape index (κ2) is 7.45. The minimum atomic E-state index is 0.866. The van der Waals surface area contributed by atoms with Crippen molar-refractivity contribution < 1.29 is 4.58 Å². The molecule has 0 bridgehead atoms. The van der Waals surface area contributed by atoms with Gasteiger partial charge in [0.2, 0.25) is 0 Å². The molecule has 0 aliphatic heterocycles. The van der Waals surface area contributed by atoms with Gasteiger partial charge in [0.15, 0.2) is 0 Å². The molecule has 0 rings (SSSR count). The number of aliphatic imine (C=N–C) groups is 1. The fraction of sp³-hybridized carbons (Fsp3) is 0.875. The average Bonchev–Trinajstić information content (AvgIpc) is 2.04. The molecule has 64 valence electrons. The van der Waals surface area contributed by atoms with Crippen molar-refractivity contribution >= 4 is 6.01 Å². The van der Waals surface area contributed by atoms with E-state index in [0.717, 1.165) is 26.1 Å². The predicted octanol–water partition coefficient (Wildman–Crippen LogP) is 0.432. The molecule has 0 aromatic carbocycles. The number of nitrogens with one attached hydrogen (secondary N) is 1. The lowest BCUT2D eigenvalue weighted by Crippen LogP contribution is -2.08. The van der Waals surface area contributed by atoms with E-state index in [1.165, 1.54) is 0 Å². The zero-order valence-electron chi connectivity index (χ0n) is 7.72. The van der Waals surface area contributed by atoms with Crippen molar-refractivity contribution in [2.24, 2.45) is 4.99 Å². The van der Waals surface area contributed by atoms with Gasteiger partial charge in [0.25, 0.3) is 0 Å². The van der Waals surface area contributed by atoms with Crippen LogP contribution in [-0.4, -0.2) is 44.3 Å². The maximum atomic E-state index is 4.12. The van der Waals surface area contributed by atoms with E-state index in [-0.39, 0.29) is 0 Å². The van der Waals surface area contributed by atoms with Crippen molar-refractivity contribution in [3.63, 3.8) is 0 Å². The van der Waals surface area contributed by atoms with Gasteiger partial charge in [-0.1, -0.05) is 0 Å². The molecule has 0 heterocycles. The minimum absolute atomic E-state index is 0.866. The minimum Gasteiger partial charge on any atom is -0.320 e. The predicted molar refractivity (Wildman–Crippen MR) is 47.6 cm³/mol. The highest BCUT2D eigenvalue weighted by Crippen LogP contribution is 1.75. The van der Waals surface area contributed by atoms with Gasteiger partial charge in [-0.15, -0.1) is 0 Å². The molecule has 0 saturated carbocycles. The largest absolute Gasteiger partial charge is 0.320 e. The molecule has 0 unspecified atom stereocenters. The van der Waals surface area contributed by atoms with Gasteiger partial charge in [-0.2, -0.15) is 0 Å². The van der Waals surface area contributed by atoms with Gasteiger partial charge in [-0.3, -0.25) is 0 Å². The zero-order chi connectivity index (χ0) is 8.53. The zero-order valence-corrected chi connectivity index (χ0v) is 7.72. The van der Waals surface area contributed by atoms with Gasteiger partial charge in [-0.25, -0.2) is 4.58 Å². The first kappa shape index (κ1) is 10.3. The molecule has 3 nitrogen and oxygen atoms in total. The number of hydrogen-bond acceptors (Lipinski definition) is 2. The van der Waals surface area contributed by atoms with Crippen LogP contribution in [0.2, 0.25) is 0 Å². The fourth-order valence-electron chi connectivity index (χ4n) is 0.576. The molecule has 0 fully saturated rings. The maximum absolute atomic E-state index is 4.12. The molecule has 11 heavy (non-hydrogen) atoms. The number of nitrogens with zero attached hydrogens (tertiary/aromatic N) is 2. The molecule has 3 heteroatoms. The van der Waals surface area contributed by atoms with Crippen molar-refractivity contribution in [3.05, 3.63) is 0 Å². The van der Waals surface area contributed by atoms with Gasteiger partial charge < -0.3 is 5.32 Å². The van der Waals surface area contributed by atoms with E-state index in [9.17, 15) is 0 Å². The standard InChI is InChI=1S/C8H18N3/c1-4-11(3)8-10-7-5-6-9-2/h9H,4-7H2,1-3H3/q+1. The van der Waals surface area contributed by atoms with E-state index in [1.54, 1.807) is 0 Å². The molecular weight excluding hydrogens is 138 g/mol. The molecule has 0 aromatic rings. The van der Waals surface area contributed by atoms with Crippen molar-refractivity contribution in [3.8, 4) is 0 Å². The summed E-state index contributed by atoms with van der Waals surface area (Å²) in [6, 6.07) is 2.92. The molecule has 0 radical (unpaired) electrons. The van der Waals surface area contributed by atoms with Gasteiger partial charge >= 0.3 is 6.01 Å². The second-order valence-corrected chi connectivity index (χ2v) is 2.45. The summed E-state index contributed by atoms with van der Waals surface area (Å²) < 4.78 is 1.94. The summed E-state index contributed by atoms with van der Waals surface area (Å²) in [6.07, 6.45) is 1.08. The molecule has 0 saturated heterocycles. The first-order chi connectivity index (χ1) is 5.31. The van der Waals surface area contributed by atoms with Gasteiger partial charge in [0.05, 0.1) is 13.6 Å². The SMILES string of the molecule is CC[N+](C)=C=NCCCNC. The maximum Gasteiger partial charge on any atom is 0.306 e. The molecular formula is C8H18N3+. The van der Waals surface area contributed by atoms with E-state index in [2.05, 4.69) is 23.2 Å². The van der Waals surface area contributed by atoms with Gasteiger partial charge in [0.1, 0.15) is 6.54 Å². The van der Waals surface area contributed by atoms with Crippen LogP contribution in [0.4, 0.5) is 0 Å². The van der Waals surface area contributed by atoms with Crippen LogP contribution in [0.3, 0.4) is 0 Å². The lowest BCUT2D eigenvalue weighted by molar-refractivity contribution is -0.486. The van der Waals surface area contributed by atoms with E-state index >= 15 is 0 Å². The molecule has 0 spiro atoms. The monoisotopic (exact) mass is 156 g/mol. The van der Waals surface area contributed by atoms with E-state index in [0.29, 0.717) is 0 Å². The smallest absolute Gasteiger partial charge is 0.306 e. The summed E-state index contributed by atoms with van der Waals surface area (Å²) in [7, 11) is 3.92. The Morgan fingerprint density at radius 1 is 1.55 bits per heavy atom. The Bertz CT molecular complexity index is 145. The van der Waals surface area contributed by atoms with Crippen molar-refractivity contribution in [2.75, 3.05) is 33.7 Å². The van der Waals surface area contributed by atoms with E-state index in [4.69, 9.17) is 0 Å². The van der Waals surface area contributed by atoms with Crippen LogP contribution in [0.15, 0.2) is 4.99 Å². The Balaban J connectivity index is 3.43. The van der Waals surface area contributed by atoms with Crippen LogP contribution in [0.5, 0.6) is 0 Å². The molecule has 1 N–H and O–H groups in total. The normalized spacial score (nSPS) is 9.00. The third kappa shape index (κ3) is 7.23. The lowest BCUT2D eigenvalue weighted by atomic mass is 10.4. The highest BCUT2D eigenvalue weighted by molar-refractivity contribution is 5.33. The van der Waals surface area contributed by atoms with Crippen molar-refractivity contribution in [1.82, 2.24) is 5.32 Å². The highest BCUT2D eigenvalue weighted by Gasteiger charge is 1.86. The van der Waals surface area contributed by atoms with Crippen LogP contribution in [0.25, 0.3) is 0 Å². The Labute approximate surface area is 68.8 Å². The topological polar surface area (TPSA) is 27.4 Å². The third-order valence-electron chi connectivity index (χ3n) is 1.41. The van der Waals surface area contributed by atoms with Crippen molar-refractivity contribution in [1.29, 1.82) is 0 Å². The van der Waals surface area contributed by atoms with Crippen LogP contribution >= 0.6 is 0 Å². The number of hydrogen-bond donors (Lipinski definition) is 1. The van der Waals surface area contributed by atoms with Crippen LogP contribution in [0, 0.1) is 0 Å². The Kier molecular flexibility index (Phi) is 7.00. The molecule has 0 atom stereocenters. The first-order valence-electron chi connectivity index (χ1n) is 4.09. The average molecular weight is 156 g/mol.